The van der Waals surface area contributed by atoms with Gasteiger partial charge in [-0.15, -0.1) is 0 Å². The van der Waals surface area contributed by atoms with Gasteiger partial charge in [0.25, 0.3) is 11.6 Å². The summed E-state index contributed by atoms with van der Waals surface area (Å²) in [5.41, 5.74) is 1.50. The Morgan fingerprint density at radius 3 is 2.44 bits per heavy atom. The Hall–Kier alpha value is -3.29. The van der Waals surface area contributed by atoms with Crippen molar-refractivity contribution in [3.05, 3.63) is 57.6 Å². The second kappa shape index (κ2) is 8.88. The average Bonchev–Trinajstić information content (AvgIpc) is 2.70. The van der Waals surface area contributed by atoms with Crippen molar-refractivity contribution < 1.29 is 19.2 Å². The fourth-order valence-corrected chi connectivity index (χ4v) is 2.68. The number of nitrogens with zero attached hydrogens (tertiary/aromatic N) is 2. The maximum atomic E-state index is 12.6. The standard InChI is InChI=1S/C19H23N3O5/c1-20-15-7-6-14(12-16(15)22(24)25)19(23)21(2)10-9-13-5-8-17(26-3)18(11-13)27-4/h5-8,11-12,20H,9-10H2,1-4H3. The summed E-state index contributed by atoms with van der Waals surface area (Å²) in [4.78, 5) is 24.8. The van der Waals surface area contributed by atoms with Crippen LogP contribution >= 0.6 is 0 Å². The Morgan fingerprint density at radius 2 is 1.85 bits per heavy atom. The Morgan fingerprint density at radius 1 is 1.15 bits per heavy atom. The number of anilines is 1. The number of methoxy groups -OCH3 is 2. The molecule has 0 unspecified atom stereocenters. The smallest absolute Gasteiger partial charge is 0.293 e. The van der Waals surface area contributed by atoms with Crippen molar-refractivity contribution in [1.82, 2.24) is 4.90 Å². The lowest BCUT2D eigenvalue weighted by Gasteiger charge is -2.18. The highest BCUT2D eigenvalue weighted by molar-refractivity contribution is 5.95. The fraction of sp³-hybridized carbons (Fsp3) is 0.316. The minimum Gasteiger partial charge on any atom is -0.493 e. The first kappa shape index (κ1) is 20.0. The van der Waals surface area contributed by atoms with Crippen LogP contribution in [-0.4, -0.2) is 50.6 Å². The molecule has 8 heteroatoms. The first-order valence-electron chi connectivity index (χ1n) is 8.33. The molecule has 0 spiro atoms. The number of nitrogens with one attached hydrogen (secondary N) is 1. The molecule has 0 atom stereocenters. The molecule has 0 bridgehead atoms. The number of hydrogen-bond acceptors (Lipinski definition) is 6. The van der Waals surface area contributed by atoms with Crippen LogP contribution in [0.5, 0.6) is 11.5 Å². The molecule has 0 heterocycles. The van der Waals surface area contributed by atoms with Crippen LogP contribution < -0.4 is 14.8 Å². The van der Waals surface area contributed by atoms with Crippen molar-refractivity contribution in [1.29, 1.82) is 0 Å². The van der Waals surface area contributed by atoms with Crippen molar-refractivity contribution in [2.24, 2.45) is 0 Å². The van der Waals surface area contributed by atoms with E-state index in [9.17, 15) is 14.9 Å². The van der Waals surface area contributed by atoms with E-state index >= 15 is 0 Å². The lowest BCUT2D eigenvalue weighted by atomic mass is 10.1. The van der Waals surface area contributed by atoms with Crippen molar-refractivity contribution in [3.63, 3.8) is 0 Å². The molecule has 0 saturated carbocycles. The van der Waals surface area contributed by atoms with Gasteiger partial charge in [-0.05, 0) is 36.2 Å². The third-order valence-electron chi connectivity index (χ3n) is 4.24. The van der Waals surface area contributed by atoms with Crippen LogP contribution in [-0.2, 0) is 6.42 Å². The van der Waals surface area contributed by atoms with E-state index in [2.05, 4.69) is 5.32 Å². The van der Waals surface area contributed by atoms with Crippen LogP contribution in [0, 0.1) is 10.1 Å². The molecule has 0 aliphatic rings. The lowest BCUT2D eigenvalue weighted by Crippen LogP contribution is -2.28. The van der Waals surface area contributed by atoms with E-state index in [1.807, 2.05) is 18.2 Å². The number of likely N-dealkylation sites (N-methyl/N-ethyl adjacent to an activating group) is 1. The Kier molecular flexibility index (Phi) is 6.59. The number of amides is 1. The normalized spacial score (nSPS) is 10.2. The van der Waals surface area contributed by atoms with Gasteiger partial charge in [0, 0.05) is 32.3 Å². The summed E-state index contributed by atoms with van der Waals surface area (Å²) in [7, 11) is 6.40. The number of rotatable bonds is 8. The van der Waals surface area contributed by atoms with Crippen LogP contribution in [0.3, 0.4) is 0 Å². The first-order chi connectivity index (χ1) is 12.9. The summed E-state index contributed by atoms with van der Waals surface area (Å²) >= 11 is 0. The Bertz CT molecular complexity index is 838. The first-order valence-corrected chi connectivity index (χ1v) is 8.33. The molecule has 8 nitrogen and oxygen atoms in total. The number of nitro benzene ring substituents is 1. The number of hydrogen-bond donors (Lipinski definition) is 1. The monoisotopic (exact) mass is 373 g/mol. The Labute approximate surface area is 157 Å². The van der Waals surface area contributed by atoms with Crippen molar-refractivity contribution in [2.45, 2.75) is 6.42 Å². The number of ether oxygens (including phenoxy) is 2. The number of nitro groups is 1. The van der Waals surface area contributed by atoms with Gasteiger partial charge in [0.2, 0.25) is 0 Å². The summed E-state index contributed by atoms with van der Waals surface area (Å²) < 4.78 is 10.5. The van der Waals surface area contributed by atoms with Gasteiger partial charge in [0.15, 0.2) is 11.5 Å². The number of carbonyl (C=O) groups excluding carboxylic acids is 1. The van der Waals surface area contributed by atoms with E-state index in [0.717, 1.165) is 5.56 Å². The molecule has 2 rings (SSSR count). The number of carbonyl (C=O) groups is 1. The van der Waals surface area contributed by atoms with Crippen LogP contribution in [0.4, 0.5) is 11.4 Å². The van der Waals surface area contributed by atoms with Gasteiger partial charge < -0.3 is 19.7 Å². The van der Waals surface area contributed by atoms with Gasteiger partial charge in [0.1, 0.15) is 5.69 Å². The molecule has 0 fully saturated rings. The summed E-state index contributed by atoms with van der Waals surface area (Å²) in [5, 5.41) is 13.9. The van der Waals surface area contributed by atoms with Gasteiger partial charge in [-0.25, -0.2) is 0 Å². The highest BCUT2D eigenvalue weighted by Gasteiger charge is 2.19. The van der Waals surface area contributed by atoms with E-state index in [0.29, 0.717) is 30.2 Å². The highest BCUT2D eigenvalue weighted by Crippen LogP contribution is 2.28. The molecule has 2 aromatic carbocycles. The van der Waals surface area contributed by atoms with E-state index in [1.54, 1.807) is 34.4 Å². The van der Waals surface area contributed by atoms with Crippen LogP contribution in [0.15, 0.2) is 36.4 Å². The third-order valence-corrected chi connectivity index (χ3v) is 4.24. The van der Waals surface area contributed by atoms with Gasteiger partial charge in [0.05, 0.1) is 19.1 Å². The molecular weight excluding hydrogens is 350 g/mol. The Balaban J connectivity index is 2.10. The molecule has 2 aromatic rings. The van der Waals surface area contributed by atoms with Crippen molar-refractivity contribution >= 4 is 17.3 Å². The molecular formula is C19H23N3O5. The summed E-state index contributed by atoms with van der Waals surface area (Å²) in [6.45, 7) is 0.454. The minimum atomic E-state index is -0.508. The summed E-state index contributed by atoms with van der Waals surface area (Å²) in [6.07, 6.45) is 0.610. The van der Waals surface area contributed by atoms with E-state index in [-0.39, 0.29) is 17.2 Å². The zero-order valence-electron chi connectivity index (χ0n) is 15.8. The zero-order valence-corrected chi connectivity index (χ0v) is 15.8. The fourth-order valence-electron chi connectivity index (χ4n) is 2.68. The molecule has 0 radical (unpaired) electrons. The predicted octanol–water partition coefficient (Wildman–Crippen LogP) is 2.97. The molecule has 0 aromatic heterocycles. The van der Waals surface area contributed by atoms with Crippen LogP contribution in [0.1, 0.15) is 15.9 Å². The van der Waals surface area contributed by atoms with E-state index in [4.69, 9.17) is 9.47 Å². The van der Waals surface area contributed by atoms with Gasteiger partial charge in [-0.3, -0.25) is 14.9 Å². The maximum absolute atomic E-state index is 12.6. The van der Waals surface area contributed by atoms with Crippen molar-refractivity contribution in [2.75, 3.05) is 40.2 Å². The maximum Gasteiger partial charge on any atom is 0.293 e. The predicted molar refractivity (Wildman–Crippen MR) is 103 cm³/mol. The average molecular weight is 373 g/mol. The van der Waals surface area contributed by atoms with Crippen LogP contribution in [0.2, 0.25) is 0 Å². The largest absolute Gasteiger partial charge is 0.493 e. The van der Waals surface area contributed by atoms with Gasteiger partial charge in [-0.2, -0.15) is 0 Å². The van der Waals surface area contributed by atoms with E-state index < -0.39 is 4.92 Å². The summed E-state index contributed by atoms with van der Waals surface area (Å²) in [5.74, 6) is 0.992. The molecule has 27 heavy (non-hydrogen) atoms. The zero-order chi connectivity index (χ0) is 20.0. The molecule has 0 aliphatic heterocycles. The van der Waals surface area contributed by atoms with Crippen LogP contribution in [0.25, 0.3) is 0 Å². The molecule has 0 saturated heterocycles. The second-order valence-corrected chi connectivity index (χ2v) is 5.91. The summed E-state index contributed by atoms with van der Waals surface area (Å²) in [6, 6.07) is 9.99. The SMILES string of the molecule is CNc1ccc(C(=O)N(C)CCc2ccc(OC)c(OC)c2)cc1[N+](=O)[O-]. The molecule has 1 N–H and O–H groups in total. The van der Waals surface area contributed by atoms with E-state index in [1.165, 1.54) is 17.0 Å². The molecule has 144 valence electrons. The number of benzene rings is 2. The quantitative estimate of drug-likeness (QED) is 0.565. The lowest BCUT2D eigenvalue weighted by molar-refractivity contribution is -0.384. The topological polar surface area (TPSA) is 93.9 Å². The molecule has 1 amide bonds. The third kappa shape index (κ3) is 4.66. The van der Waals surface area contributed by atoms with Gasteiger partial charge in [-0.1, -0.05) is 6.07 Å². The second-order valence-electron chi connectivity index (χ2n) is 5.91. The van der Waals surface area contributed by atoms with Crippen molar-refractivity contribution in [3.8, 4) is 11.5 Å². The van der Waals surface area contributed by atoms with Gasteiger partial charge >= 0.3 is 0 Å². The highest BCUT2D eigenvalue weighted by atomic mass is 16.6. The molecule has 0 aliphatic carbocycles. The minimum absolute atomic E-state index is 0.128.